The maximum Gasteiger partial charge on any atom is 0.0507 e. The van der Waals surface area contributed by atoms with Crippen molar-refractivity contribution in [3.8, 4) is 0 Å². The molecule has 4 heteroatoms. The van der Waals surface area contributed by atoms with E-state index >= 15 is 0 Å². The lowest BCUT2D eigenvalue weighted by Gasteiger charge is -2.45. The molecule has 1 N–H and O–H groups in total. The van der Waals surface area contributed by atoms with E-state index in [2.05, 4.69) is 36.0 Å². The van der Waals surface area contributed by atoms with Crippen LogP contribution in [0.3, 0.4) is 0 Å². The maximum absolute atomic E-state index is 5.39. The quantitative estimate of drug-likeness (QED) is 0.730. The van der Waals surface area contributed by atoms with Crippen molar-refractivity contribution in [3.63, 3.8) is 0 Å². The highest BCUT2D eigenvalue weighted by Gasteiger charge is 2.30. The van der Waals surface area contributed by atoms with Crippen LogP contribution in [-0.4, -0.2) is 74.9 Å². The molecule has 2 aliphatic rings. The second-order valence-electron chi connectivity index (χ2n) is 6.44. The molecule has 0 radical (unpaired) electrons. The zero-order valence-corrected chi connectivity index (χ0v) is 12.2. The Balaban J connectivity index is 1.59. The van der Waals surface area contributed by atoms with Gasteiger partial charge in [-0.1, -0.05) is 0 Å². The molecule has 106 valence electrons. The molecule has 18 heavy (non-hydrogen) atoms. The predicted molar refractivity (Wildman–Crippen MR) is 74.9 cm³/mol. The van der Waals surface area contributed by atoms with Gasteiger partial charge in [0.15, 0.2) is 0 Å². The summed E-state index contributed by atoms with van der Waals surface area (Å²) in [5.74, 6) is 0.744. The number of piperazine rings is 1. The first kappa shape index (κ1) is 14.3. The Morgan fingerprint density at radius 3 is 2.83 bits per heavy atom. The van der Waals surface area contributed by atoms with Crippen LogP contribution in [-0.2, 0) is 4.74 Å². The van der Waals surface area contributed by atoms with E-state index in [4.69, 9.17) is 4.74 Å². The van der Waals surface area contributed by atoms with E-state index in [1.54, 1.807) is 0 Å². The third-order valence-corrected chi connectivity index (χ3v) is 4.46. The summed E-state index contributed by atoms with van der Waals surface area (Å²) in [6, 6.07) is 0. The highest BCUT2D eigenvalue weighted by Crippen LogP contribution is 2.18. The van der Waals surface area contributed by atoms with E-state index in [-0.39, 0.29) is 0 Å². The van der Waals surface area contributed by atoms with Gasteiger partial charge < -0.3 is 10.1 Å². The normalized spacial score (nSPS) is 29.8. The van der Waals surface area contributed by atoms with Gasteiger partial charge in [0.25, 0.3) is 0 Å². The van der Waals surface area contributed by atoms with Crippen molar-refractivity contribution in [1.82, 2.24) is 15.1 Å². The molecule has 2 fully saturated rings. The predicted octanol–water partition coefficient (Wildman–Crippen LogP) is 0.639. The molecule has 4 nitrogen and oxygen atoms in total. The number of hydrogen-bond acceptors (Lipinski definition) is 4. The van der Waals surface area contributed by atoms with Crippen LogP contribution in [0.2, 0.25) is 0 Å². The first-order valence-corrected chi connectivity index (χ1v) is 7.30. The van der Waals surface area contributed by atoms with Crippen molar-refractivity contribution >= 4 is 0 Å². The highest BCUT2D eigenvalue weighted by molar-refractivity contribution is 4.88. The van der Waals surface area contributed by atoms with E-state index in [0.29, 0.717) is 5.54 Å². The largest absolute Gasteiger partial charge is 0.381 e. The van der Waals surface area contributed by atoms with Gasteiger partial charge in [-0.25, -0.2) is 0 Å². The number of nitrogens with one attached hydrogen (secondary N) is 1. The van der Waals surface area contributed by atoms with Crippen LogP contribution < -0.4 is 5.32 Å². The fourth-order valence-electron chi connectivity index (χ4n) is 2.82. The highest BCUT2D eigenvalue weighted by atomic mass is 16.5. The van der Waals surface area contributed by atoms with Crippen molar-refractivity contribution in [2.24, 2.45) is 5.92 Å². The number of ether oxygens (including phenoxy) is 1. The van der Waals surface area contributed by atoms with Crippen molar-refractivity contribution in [1.29, 1.82) is 0 Å². The Morgan fingerprint density at radius 2 is 2.17 bits per heavy atom. The minimum Gasteiger partial charge on any atom is -0.381 e. The van der Waals surface area contributed by atoms with Gasteiger partial charge in [0.05, 0.1) is 6.61 Å². The van der Waals surface area contributed by atoms with E-state index < -0.39 is 0 Å². The topological polar surface area (TPSA) is 27.7 Å². The van der Waals surface area contributed by atoms with Crippen LogP contribution in [0.5, 0.6) is 0 Å². The van der Waals surface area contributed by atoms with Crippen molar-refractivity contribution in [2.75, 3.05) is 59.5 Å². The zero-order chi connectivity index (χ0) is 13.0. The van der Waals surface area contributed by atoms with Crippen molar-refractivity contribution in [3.05, 3.63) is 0 Å². The van der Waals surface area contributed by atoms with Crippen LogP contribution in [0.15, 0.2) is 0 Å². The van der Waals surface area contributed by atoms with Gasteiger partial charge in [-0.05, 0) is 33.2 Å². The lowest BCUT2D eigenvalue weighted by molar-refractivity contribution is 0.0406. The molecule has 0 spiro atoms. The zero-order valence-electron chi connectivity index (χ0n) is 12.2. The van der Waals surface area contributed by atoms with Gasteiger partial charge in [0.2, 0.25) is 0 Å². The molecule has 0 aromatic rings. The first-order valence-electron chi connectivity index (χ1n) is 7.30. The monoisotopic (exact) mass is 255 g/mol. The van der Waals surface area contributed by atoms with E-state index in [9.17, 15) is 0 Å². The molecule has 1 unspecified atom stereocenters. The minimum absolute atomic E-state index is 0.317. The van der Waals surface area contributed by atoms with Gasteiger partial charge >= 0.3 is 0 Å². The molecule has 2 saturated heterocycles. The fraction of sp³-hybridized carbons (Fsp3) is 1.00. The first-order chi connectivity index (χ1) is 8.58. The SMILES string of the molecule is CN1CCN(CCNCC2CCOC2)CC1(C)C. The summed E-state index contributed by atoms with van der Waals surface area (Å²) in [7, 11) is 2.23. The molecule has 0 aromatic carbocycles. The third-order valence-electron chi connectivity index (χ3n) is 4.46. The standard InChI is InChI=1S/C14H29N3O/c1-14(2)12-17(8-7-16(14)3)6-5-15-10-13-4-9-18-11-13/h13,15H,4-12H2,1-3H3. The summed E-state index contributed by atoms with van der Waals surface area (Å²) in [4.78, 5) is 5.05. The van der Waals surface area contributed by atoms with Gasteiger partial charge in [0, 0.05) is 51.4 Å². The van der Waals surface area contributed by atoms with Crippen LogP contribution in [0, 0.1) is 5.92 Å². The lowest BCUT2D eigenvalue weighted by atomic mass is 10.00. The lowest BCUT2D eigenvalue weighted by Crippen LogP contribution is -2.58. The summed E-state index contributed by atoms with van der Waals surface area (Å²) in [5, 5.41) is 3.58. The summed E-state index contributed by atoms with van der Waals surface area (Å²) in [5.41, 5.74) is 0.317. The van der Waals surface area contributed by atoms with Crippen LogP contribution in [0.1, 0.15) is 20.3 Å². The van der Waals surface area contributed by atoms with E-state index in [0.717, 1.165) is 32.2 Å². The van der Waals surface area contributed by atoms with Gasteiger partial charge in [-0.2, -0.15) is 0 Å². The van der Waals surface area contributed by atoms with E-state index in [1.165, 1.54) is 32.6 Å². The summed E-state index contributed by atoms with van der Waals surface area (Å²) < 4.78 is 5.39. The second kappa shape index (κ2) is 6.33. The molecule has 2 heterocycles. The second-order valence-corrected chi connectivity index (χ2v) is 6.44. The molecular weight excluding hydrogens is 226 g/mol. The number of nitrogens with zero attached hydrogens (tertiary/aromatic N) is 2. The van der Waals surface area contributed by atoms with Gasteiger partial charge in [-0.3, -0.25) is 9.80 Å². The Hall–Kier alpha value is -0.160. The Kier molecular flexibility index (Phi) is 5.01. The summed E-state index contributed by atoms with van der Waals surface area (Å²) >= 11 is 0. The van der Waals surface area contributed by atoms with E-state index in [1.807, 2.05) is 0 Å². The average Bonchev–Trinajstić information content (AvgIpc) is 2.82. The minimum atomic E-state index is 0.317. The molecule has 2 aliphatic heterocycles. The summed E-state index contributed by atoms with van der Waals surface area (Å²) in [6.45, 7) is 13.5. The van der Waals surface area contributed by atoms with Crippen LogP contribution in [0.4, 0.5) is 0 Å². The molecular formula is C14H29N3O. The smallest absolute Gasteiger partial charge is 0.0507 e. The Bertz CT molecular complexity index is 251. The molecule has 0 amide bonds. The van der Waals surface area contributed by atoms with Gasteiger partial charge in [0.1, 0.15) is 0 Å². The number of rotatable bonds is 5. The molecule has 0 aliphatic carbocycles. The summed E-state index contributed by atoms with van der Waals surface area (Å²) in [6.07, 6.45) is 1.23. The van der Waals surface area contributed by atoms with Crippen LogP contribution >= 0.6 is 0 Å². The molecule has 0 saturated carbocycles. The fourth-order valence-corrected chi connectivity index (χ4v) is 2.82. The molecule has 2 rings (SSSR count). The van der Waals surface area contributed by atoms with Crippen LogP contribution in [0.25, 0.3) is 0 Å². The molecule has 0 bridgehead atoms. The number of likely N-dealkylation sites (N-methyl/N-ethyl adjacent to an activating group) is 1. The average molecular weight is 255 g/mol. The maximum atomic E-state index is 5.39. The van der Waals surface area contributed by atoms with Gasteiger partial charge in [-0.15, -0.1) is 0 Å². The van der Waals surface area contributed by atoms with Crippen molar-refractivity contribution in [2.45, 2.75) is 25.8 Å². The Labute approximate surface area is 112 Å². The van der Waals surface area contributed by atoms with Crippen molar-refractivity contribution < 1.29 is 4.74 Å². The third kappa shape index (κ3) is 3.92. The Morgan fingerprint density at radius 1 is 1.33 bits per heavy atom. The number of hydrogen-bond donors (Lipinski definition) is 1. The molecule has 1 atom stereocenters. The molecule has 0 aromatic heterocycles.